The molecular formula is C6H6N2O4S3-2. The highest BCUT2D eigenvalue weighted by atomic mass is 32.2. The fourth-order valence-corrected chi connectivity index (χ4v) is 1.89. The molecule has 1 aromatic rings. The topological polar surface area (TPSA) is 104 Å². The molecule has 0 aliphatic carbocycles. The van der Waals surface area contributed by atoms with Gasteiger partial charge in [-0.3, -0.25) is 8.42 Å². The van der Waals surface area contributed by atoms with Gasteiger partial charge in [-0.1, -0.05) is 0 Å². The molecule has 0 fully saturated rings. The van der Waals surface area contributed by atoms with E-state index in [2.05, 4.69) is 22.1 Å². The lowest BCUT2D eigenvalue weighted by Gasteiger charge is -2.13. The average Bonchev–Trinajstić information content (AvgIpc) is 2.08. The van der Waals surface area contributed by atoms with Gasteiger partial charge in [0.05, 0.1) is 5.69 Å². The molecule has 2 N–H and O–H groups in total. The second-order valence-corrected chi connectivity index (χ2v) is 4.23. The van der Waals surface area contributed by atoms with Crippen LogP contribution in [0.5, 0.6) is 0 Å². The zero-order valence-corrected chi connectivity index (χ0v) is 9.66. The molecule has 0 heterocycles. The van der Waals surface area contributed by atoms with Crippen LogP contribution in [0.4, 0.5) is 11.4 Å². The summed E-state index contributed by atoms with van der Waals surface area (Å²) in [6.45, 7) is 0. The Balaban J connectivity index is 2.87. The van der Waals surface area contributed by atoms with E-state index in [1.165, 1.54) is 18.2 Å². The minimum absolute atomic E-state index is 0.272. The van der Waals surface area contributed by atoms with Crippen molar-refractivity contribution in [2.24, 2.45) is 0 Å². The van der Waals surface area contributed by atoms with Crippen LogP contribution in [0.2, 0.25) is 0 Å². The maximum absolute atomic E-state index is 10.3. The molecule has 0 aromatic heterocycles. The highest BCUT2D eigenvalue weighted by Crippen LogP contribution is 2.24. The van der Waals surface area contributed by atoms with E-state index in [0.717, 1.165) is 0 Å². The van der Waals surface area contributed by atoms with Crippen molar-refractivity contribution in [2.45, 2.75) is 4.90 Å². The van der Waals surface area contributed by atoms with Gasteiger partial charge in [0.15, 0.2) is 0 Å². The van der Waals surface area contributed by atoms with E-state index in [1.807, 2.05) is 0 Å². The molecule has 2 unspecified atom stereocenters. The van der Waals surface area contributed by atoms with E-state index >= 15 is 0 Å². The fraction of sp³-hybridized carbons (Fsp3) is 0. The summed E-state index contributed by atoms with van der Waals surface area (Å²) in [5.74, 6) is 0. The van der Waals surface area contributed by atoms with Crippen molar-refractivity contribution < 1.29 is 17.5 Å². The summed E-state index contributed by atoms with van der Waals surface area (Å²) in [4.78, 5) is 0.314. The summed E-state index contributed by atoms with van der Waals surface area (Å²) in [7, 11) is 0. The highest BCUT2D eigenvalue weighted by Gasteiger charge is 2.00. The van der Waals surface area contributed by atoms with Crippen LogP contribution in [0.15, 0.2) is 23.1 Å². The Hall–Kier alpha value is -0.610. The number of hydrogen-bond donors (Lipinski definition) is 3. The number of hydrogen-bond acceptors (Lipinski definition) is 5. The Labute approximate surface area is 96.7 Å². The van der Waals surface area contributed by atoms with Crippen LogP contribution >= 0.6 is 12.6 Å². The van der Waals surface area contributed by atoms with Gasteiger partial charge < -0.3 is 18.5 Å². The standard InChI is InChI=1S/C6H8N2O4S3/c9-14(10)7-4-1-2-5(6(13)3-4)8-15(11)12/h1-3,7-8,13H,(H,9,10)(H,11,12)/p-2. The Morgan fingerprint density at radius 3 is 2.20 bits per heavy atom. The third kappa shape index (κ3) is 4.18. The quantitative estimate of drug-likeness (QED) is 0.541. The fourth-order valence-electron chi connectivity index (χ4n) is 0.867. The number of rotatable bonds is 4. The Morgan fingerprint density at radius 1 is 1.13 bits per heavy atom. The Morgan fingerprint density at radius 2 is 1.73 bits per heavy atom. The van der Waals surface area contributed by atoms with Crippen molar-refractivity contribution in [1.29, 1.82) is 0 Å². The van der Waals surface area contributed by atoms with Gasteiger partial charge in [0, 0.05) is 33.1 Å². The predicted molar refractivity (Wildman–Crippen MR) is 58.8 cm³/mol. The Bertz CT molecular complexity index is 411. The number of anilines is 2. The van der Waals surface area contributed by atoms with Crippen molar-refractivity contribution in [2.75, 3.05) is 9.44 Å². The first-order valence-electron chi connectivity index (χ1n) is 3.54. The molecule has 9 heteroatoms. The summed E-state index contributed by atoms with van der Waals surface area (Å²) in [5.41, 5.74) is 0.574. The number of thiol groups is 1. The van der Waals surface area contributed by atoms with E-state index in [0.29, 0.717) is 10.6 Å². The highest BCUT2D eigenvalue weighted by molar-refractivity contribution is 7.81. The lowest BCUT2D eigenvalue weighted by atomic mass is 10.3. The van der Waals surface area contributed by atoms with Gasteiger partial charge in [0.2, 0.25) is 0 Å². The van der Waals surface area contributed by atoms with Crippen molar-refractivity contribution in [1.82, 2.24) is 0 Å². The van der Waals surface area contributed by atoms with Crippen LogP contribution in [0, 0.1) is 0 Å². The molecule has 2 atom stereocenters. The molecule has 0 spiro atoms. The van der Waals surface area contributed by atoms with Gasteiger partial charge in [-0.25, -0.2) is 0 Å². The third-order valence-electron chi connectivity index (χ3n) is 1.39. The van der Waals surface area contributed by atoms with Crippen LogP contribution in [-0.2, 0) is 22.5 Å². The molecule has 15 heavy (non-hydrogen) atoms. The van der Waals surface area contributed by atoms with Crippen molar-refractivity contribution in [3.05, 3.63) is 18.2 Å². The first kappa shape index (κ1) is 12.5. The molecule has 0 saturated carbocycles. The lowest BCUT2D eigenvalue weighted by molar-refractivity contribution is 0.541. The first-order valence-corrected chi connectivity index (χ1v) is 6.13. The van der Waals surface area contributed by atoms with Gasteiger partial charge in [-0.05, 0) is 18.2 Å². The Kier molecular flexibility index (Phi) is 4.54. The second kappa shape index (κ2) is 5.47. The van der Waals surface area contributed by atoms with E-state index in [4.69, 9.17) is 0 Å². The molecule has 0 amide bonds. The summed E-state index contributed by atoms with van der Waals surface area (Å²) in [6.07, 6.45) is 0. The molecule has 1 aromatic carbocycles. The first-order chi connectivity index (χ1) is 6.99. The van der Waals surface area contributed by atoms with Gasteiger partial charge in [0.25, 0.3) is 0 Å². The zero-order valence-electron chi connectivity index (χ0n) is 7.13. The molecule has 0 saturated heterocycles. The normalized spacial score (nSPS) is 14.3. The molecule has 1 rings (SSSR count). The molecule has 0 aliphatic heterocycles. The van der Waals surface area contributed by atoms with Crippen LogP contribution in [0.3, 0.4) is 0 Å². The molecule has 0 radical (unpaired) electrons. The molecule has 0 aliphatic rings. The van der Waals surface area contributed by atoms with Gasteiger partial charge in [-0.2, -0.15) is 0 Å². The summed E-state index contributed by atoms with van der Waals surface area (Å²) in [6, 6.07) is 4.19. The van der Waals surface area contributed by atoms with Gasteiger partial charge >= 0.3 is 0 Å². The smallest absolute Gasteiger partial charge is 0.0587 e. The van der Waals surface area contributed by atoms with Crippen LogP contribution in [0.25, 0.3) is 0 Å². The minimum Gasteiger partial charge on any atom is -0.755 e. The van der Waals surface area contributed by atoms with Crippen LogP contribution in [-0.4, -0.2) is 17.5 Å². The van der Waals surface area contributed by atoms with Crippen molar-refractivity contribution in [3.8, 4) is 0 Å². The van der Waals surface area contributed by atoms with E-state index in [1.54, 1.807) is 0 Å². The molecule has 0 bridgehead atoms. The SMILES string of the molecule is O=S([O-])Nc1ccc(NS(=O)[O-])c(S)c1. The summed E-state index contributed by atoms with van der Waals surface area (Å²) < 4.78 is 45.5. The molecular weight excluding hydrogens is 260 g/mol. The van der Waals surface area contributed by atoms with Gasteiger partial charge in [-0.15, -0.1) is 12.6 Å². The zero-order chi connectivity index (χ0) is 11.4. The summed E-state index contributed by atoms with van der Waals surface area (Å²) >= 11 is -0.866. The second-order valence-electron chi connectivity index (χ2n) is 2.41. The predicted octanol–water partition coefficient (Wildman–Crippen LogP) is 0.387. The van der Waals surface area contributed by atoms with Crippen LogP contribution < -0.4 is 9.44 Å². The third-order valence-corrected chi connectivity index (χ3v) is 2.55. The van der Waals surface area contributed by atoms with Gasteiger partial charge in [0.1, 0.15) is 0 Å². The molecule has 84 valence electrons. The summed E-state index contributed by atoms with van der Waals surface area (Å²) in [5, 5.41) is 0. The van der Waals surface area contributed by atoms with Crippen molar-refractivity contribution in [3.63, 3.8) is 0 Å². The molecule has 6 nitrogen and oxygen atoms in total. The van der Waals surface area contributed by atoms with E-state index in [-0.39, 0.29) is 5.69 Å². The number of nitrogens with one attached hydrogen (secondary N) is 2. The van der Waals surface area contributed by atoms with E-state index < -0.39 is 22.5 Å². The van der Waals surface area contributed by atoms with Crippen LogP contribution in [0.1, 0.15) is 0 Å². The maximum Gasteiger partial charge on any atom is 0.0587 e. The van der Waals surface area contributed by atoms with Crippen molar-refractivity contribution >= 4 is 46.5 Å². The van der Waals surface area contributed by atoms with E-state index in [9.17, 15) is 17.5 Å². The monoisotopic (exact) mass is 266 g/mol. The average molecular weight is 266 g/mol. The maximum atomic E-state index is 10.3. The largest absolute Gasteiger partial charge is 0.755 e. The lowest BCUT2D eigenvalue weighted by Crippen LogP contribution is -2.05. The minimum atomic E-state index is -2.44. The number of benzene rings is 1.